The third kappa shape index (κ3) is 3.78. The maximum Gasteiger partial charge on any atom is 0.229 e. The van der Waals surface area contributed by atoms with Crippen LogP contribution in [-0.4, -0.2) is 19.0 Å². The molecule has 1 amide bonds. The molecule has 2 atom stereocenters. The zero-order chi connectivity index (χ0) is 16.6. The number of carbonyl (C=O) groups excluding carboxylic acids is 1. The van der Waals surface area contributed by atoms with Crippen molar-refractivity contribution in [3.63, 3.8) is 0 Å². The molecule has 2 aliphatic carbocycles. The molecule has 24 heavy (non-hydrogen) atoms. The molecule has 3 rings (SSSR count). The number of anilines is 1. The number of hydrogen-bond acceptors (Lipinski definition) is 2. The number of nitrogens with zero attached hydrogens (tertiary/aromatic N) is 1. The summed E-state index contributed by atoms with van der Waals surface area (Å²) in [4.78, 5) is 14.9. The zero-order valence-electron chi connectivity index (χ0n) is 15.1. The van der Waals surface area contributed by atoms with Crippen LogP contribution in [0, 0.1) is 17.8 Å². The molecule has 2 N–H and O–H groups in total. The van der Waals surface area contributed by atoms with Crippen molar-refractivity contribution in [2.24, 2.45) is 23.5 Å². The molecule has 0 radical (unpaired) electrons. The van der Waals surface area contributed by atoms with E-state index in [2.05, 4.69) is 32.0 Å². The number of benzene rings is 1. The maximum absolute atomic E-state index is 13.0. The lowest BCUT2D eigenvalue weighted by Crippen LogP contribution is -2.49. The van der Waals surface area contributed by atoms with E-state index >= 15 is 0 Å². The van der Waals surface area contributed by atoms with Gasteiger partial charge in [-0.1, -0.05) is 32.4 Å². The van der Waals surface area contributed by atoms with E-state index in [-0.39, 0.29) is 24.2 Å². The van der Waals surface area contributed by atoms with Crippen LogP contribution >= 0.6 is 12.4 Å². The number of hydrogen-bond donors (Lipinski definition) is 1. The molecule has 0 aromatic heterocycles. The number of nitrogens with two attached hydrogens (primary N) is 1. The van der Waals surface area contributed by atoms with Crippen LogP contribution < -0.4 is 10.6 Å². The standard InChI is InChI=1S/C20H30N2O.ClH/c1-13(2)14-6-5-9-18(12-14)22(3)20(23)17-10-15-7-4-8-16(11-17)19(15)21;/h5-6,9,12-13,15-17,19H,4,7-8,10-11,21H2,1-3H3;1H. The Kier molecular flexibility index (Phi) is 6.33. The van der Waals surface area contributed by atoms with Gasteiger partial charge < -0.3 is 10.6 Å². The van der Waals surface area contributed by atoms with Crippen molar-refractivity contribution in [1.29, 1.82) is 0 Å². The average molecular weight is 351 g/mol. The van der Waals surface area contributed by atoms with Gasteiger partial charge in [0.05, 0.1) is 0 Å². The molecular formula is C20H31ClN2O. The predicted octanol–water partition coefficient (Wildman–Crippen LogP) is 4.35. The Morgan fingerprint density at radius 1 is 1.21 bits per heavy atom. The minimum Gasteiger partial charge on any atom is -0.327 e. The molecule has 0 spiro atoms. The number of rotatable bonds is 3. The molecule has 134 valence electrons. The van der Waals surface area contributed by atoms with Crippen LogP contribution in [-0.2, 0) is 4.79 Å². The molecule has 2 fully saturated rings. The largest absolute Gasteiger partial charge is 0.327 e. The van der Waals surface area contributed by atoms with E-state index in [1.807, 2.05) is 18.0 Å². The topological polar surface area (TPSA) is 46.3 Å². The highest BCUT2D eigenvalue weighted by atomic mass is 35.5. The van der Waals surface area contributed by atoms with E-state index in [9.17, 15) is 4.79 Å². The summed E-state index contributed by atoms with van der Waals surface area (Å²) in [6.45, 7) is 4.37. The summed E-state index contributed by atoms with van der Waals surface area (Å²) >= 11 is 0. The minimum absolute atomic E-state index is 0. The lowest BCUT2D eigenvalue weighted by atomic mass is 9.65. The van der Waals surface area contributed by atoms with Crippen LogP contribution in [0.15, 0.2) is 24.3 Å². The lowest BCUT2D eigenvalue weighted by molar-refractivity contribution is -0.124. The van der Waals surface area contributed by atoms with Crippen LogP contribution in [0.5, 0.6) is 0 Å². The van der Waals surface area contributed by atoms with Crippen LogP contribution in [0.2, 0.25) is 0 Å². The van der Waals surface area contributed by atoms with Crippen molar-refractivity contribution in [3.05, 3.63) is 29.8 Å². The summed E-state index contributed by atoms with van der Waals surface area (Å²) in [5.74, 6) is 2.00. The molecule has 1 aromatic carbocycles. The Bertz CT molecular complexity index is 561. The molecule has 2 unspecified atom stereocenters. The van der Waals surface area contributed by atoms with Crippen molar-refractivity contribution < 1.29 is 4.79 Å². The fourth-order valence-corrected chi connectivity index (χ4v) is 4.48. The van der Waals surface area contributed by atoms with Gasteiger partial charge in [-0.3, -0.25) is 4.79 Å². The van der Waals surface area contributed by atoms with Gasteiger partial charge in [-0.05, 0) is 61.1 Å². The summed E-state index contributed by atoms with van der Waals surface area (Å²) in [6, 6.07) is 8.70. The van der Waals surface area contributed by atoms with Crippen LogP contribution in [0.1, 0.15) is 57.4 Å². The smallest absolute Gasteiger partial charge is 0.229 e. The maximum atomic E-state index is 13.0. The molecule has 0 saturated heterocycles. The van der Waals surface area contributed by atoms with Gasteiger partial charge in [0, 0.05) is 24.7 Å². The number of fused-ring (bicyclic) bond motifs is 2. The van der Waals surface area contributed by atoms with Crippen molar-refractivity contribution in [2.75, 3.05) is 11.9 Å². The molecule has 4 heteroatoms. The number of carbonyl (C=O) groups is 1. The molecule has 2 aliphatic rings. The van der Waals surface area contributed by atoms with Crippen molar-refractivity contribution in [1.82, 2.24) is 0 Å². The second-order valence-corrected chi connectivity index (χ2v) is 7.84. The van der Waals surface area contributed by atoms with Gasteiger partial charge in [0.25, 0.3) is 0 Å². The first-order chi connectivity index (χ1) is 11.0. The number of amides is 1. The average Bonchev–Trinajstić information content (AvgIpc) is 2.53. The lowest BCUT2D eigenvalue weighted by Gasteiger charge is -2.44. The van der Waals surface area contributed by atoms with E-state index in [4.69, 9.17) is 5.73 Å². The van der Waals surface area contributed by atoms with Gasteiger partial charge in [-0.2, -0.15) is 0 Å². The molecule has 0 aliphatic heterocycles. The third-order valence-electron chi connectivity index (χ3n) is 6.02. The fourth-order valence-electron chi connectivity index (χ4n) is 4.48. The van der Waals surface area contributed by atoms with E-state index < -0.39 is 0 Å². The molecule has 0 heterocycles. The van der Waals surface area contributed by atoms with Gasteiger partial charge >= 0.3 is 0 Å². The van der Waals surface area contributed by atoms with E-state index in [1.54, 1.807) is 0 Å². The Morgan fingerprint density at radius 2 is 1.83 bits per heavy atom. The zero-order valence-corrected chi connectivity index (χ0v) is 15.9. The van der Waals surface area contributed by atoms with E-state index in [0.29, 0.717) is 23.8 Å². The third-order valence-corrected chi connectivity index (χ3v) is 6.02. The van der Waals surface area contributed by atoms with Gasteiger partial charge in [0.1, 0.15) is 0 Å². The van der Waals surface area contributed by atoms with E-state index in [0.717, 1.165) is 18.5 Å². The highest BCUT2D eigenvalue weighted by molar-refractivity contribution is 5.94. The Balaban J connectivity index is 0.00000208. The Morgan fingerprint density at radius 3 is 2.42 bits per heavy atom. The van der Waals surface area contributed by atoms with Crippen molar-refractivity contribution in [2.45, 2.75) is 57.9 Å². The van der Waals surface area contributed by atoms with Crippen LogP contribution in [0.25, 0.3) is 0 Å². The first-order valence-electron chi connectivity index (χ1n) is 9.10. The molecular weight excluding hydrogens is 320 g/mol. The first kappa shape index (κ1) is 19.3. The summed E-state index contributed by atoms with van der Waals surface area (Å²) in [5, 5.41) is 0. The normalized spacial score (nSPS) is 29.0. The Labute approximate surface area is 152 Å². The molecule has 2 saturated carbocycles. The van der Waals surface area contributed by atoms with Crippen LogP contribution in [0.4, 0.5) is 5.69 Å². The Hall–Kier alpha value is -1.06. The van der Waals surface area contributed by atoms with Crippen molar-refractivity contribution in [3.8, 4) is 0 Å². The van der Waals surface area contributed by atoms with Gasteiger partial charge in [-0.15, -0.1) is 12.4 Å². The quantitative estimate of drug-likeness (QED) is 0.880. The SMILES string of the molecule is CC(C)c1cccc(N(C)C(=O)C2CC3CCCC(C2)C3N)c1.Cl. The second kappa shape index (κ2) is 7.88. The van der Waals surface area contributed by atoms with Gasteiger partial charge in [0.15, 0.2) is 0 Å². The summed E-state index contributed by atoms with van der Waals surface area (Å²) in [7, 11) is 1.92. The second-order valence-electron chi connectivity index (χ2n) is 7.84. The van der Waals surface area contributed by atoms with Gasteiger partial charge in [-0.25, -0.2) is 0 Å². The monoisotopic (exact) mass is 350 g/mol. The van der Waals surface area contributed by atoms with Crippen LogP contribution in [0.3, 0.4) is 0 Å². The highest BCUT2D eigenvalue weighted by Gasteiger charge is 2.41. The van der Waals surface area contributed by atoms with Gasteiger partial charge in [0.2, 0.25) is 5.91 Å². The summed E-state index contributed by atoms with van der Waals surface area (Å²) < 4.78 is 0. The predicted molar refractivity (Wildman–Crippen MR) is 103 cm³/mol. The highest BCUT2D eigenvalue weighted by Crippen LogP contribution is 2.42. The number of halogens is 1. The van der Waals surface area contributed by atoms with E-state index in [1.165, 1.54) is 24.8 Å². The molecule has 3 nitrogen and oxygen atoms in total. The fraction of sp³-hybridized carbons (Fsp3) is 0.650. The summed E-state index contributed by atoms with van der Waals surface area (Å²) in [5.41, 5.74) is 8.66. The minimum atomic E-state index is 0. The molecule has 2 bridgehead atoms. The molecule has 1 aromatic rings. The van der Waals surface area contributed by atoms with Crippen molar-refractivity contribution >= 4 is 24.0 Å². The first-order valence-corrected chi connectivity index (χ1v) is 9.10. The summed E-state index contributed by atoms with van der Waals surface area (Å²) in [6.07, 6.45) is 5.65.